The van der Waals surface area contributed by atoms with Gasteiger partial charge in [-0.2, -0.15) is 0 Å². The molecule has 3 aromatic rings. The second-order valence-electron chi connectivity index (χ2n) is 7.15. The third-order valence-corrected chi connectivity index (χ3v) is 5.99. The fourth-order valence-corrected chi connectivity index (χ4v) is 4.27. The summed E-state index contributed by atoms with van der Waals surface area (Å²) < 4.78 is 0. The van der Waals surface area contributed by atoms with Crippen LogP contribution in [0, 0.1) is 13.8 Å². The van der Waals surface area contributed by atoms with Gasteiger partial charge in [-0.15, -0.1) is 10.2 Å². The molecule has 8 heteroatoms. The van der Waals surface area contributed by atoms with Gasteiger partial charge < -0.3 is 10.3 Å². The summed E-state index contributed by atoms with van der Waals surface area (Å²) >= 11 is 1.55. The van der Waals surface area contributed by atoms with Gasteiger partial charge in [-0.1, -0.05) is 29.9 Å². The molecule has 0 spiro atoms. The first-order chi connectivity index (χ1) is 13.6. The summed E-state index contributed by atoms with van der Waals surface area (Å²) in [4.78, 5) is 22.8. The number of rotatable bonds is 5. The maximum atomic E-state index is 13.0. The number of carbonyl (C=O) groups excluding carboxylic acids is 1. The number of likely N-dealkylation sites (tertiary alicyclic amines) is 1. The predicted molar refractivity (Wildman–Crippen MR) is 110 cm³/mol. The van der Waals surface area contributed by atoms with E-state index in [1.54, 1.807) is 17.7 Å². The van der Waals surface area contributed by atoms with Gasteiger partial charge in [-0.05, 0) is 45.4 Å². The largest absolute Gasteiger partial charge is 0.348 e. The van der Waals surface area contributed by atoms with E-state index in [1.165, 1.54) is 0 Å². The van der Waals surface area contributed by atoms with Gasteiger partial charge in [0.05, 0.1) is 18.1 Å². The van der Waals surface area contributed by atoms with Crippen LogP contribution in [0.5, 0.6) is 0 Å². The van der Waals surface area contributed by atoms with Gasteiger partial charge in [0, 0.05) is 23.5 Å². The second kappa shape index (κ2) is 8.20. The minimum Gasteiger partial charge on any atom is -0.348 e. The lowest BCUT2D eigenvalue weighted by atomic mass is 10.0. The number of benzene rings is 1. The number of anilines is 1. The molecule has 1 saturated heterocycles. The number of nitrogens with one attached hydrogen (secondary N) is 2. The molecule has 4 rings (SSSR count). The van der Waals surface area contributed by atoms with Crippen molar-refractivity contribution in [2.24, 2.45) is 0 Å². The van der Waals surface area contributed by atoms with E-state index in [-0.39, 0.29) is 11.9 Å². The van der Waals surface area contributed by atoms with Crippen molar-refractivity contribution in [3.05, 3.63) is 47.0 Å². The Bertz CT molecular complexity index is 965. The summed E-state index contributed by atoms with van der Waals surface area (Å²) in [5, 5.41) is 13.2. The lowest BCUT2D eigenvalue weighted by Gasteiger charge is -2.34. The van der Waals surface area contributed by atoms with E-state index in [9.17, 15) is 4.79 Å². The average molecular weight is 397 g/mol. The standard InChI is InChI=1S/C20H24N6OS/c1-13-17(22-12-21-13)11-26-9-4-3-8-18(26)19(27)23-16-7-5-6-15(10-16)20-25-24-14(2)28-20/h5-7,10,12,18H,3-4,8-9,11H2,1-2H3,(H,21,22)(H,23,27). The molecular weight excluding hydrogens is 372 g/mol. The number of piperidine rings is 1. The van der Waals surface area contributed by atoms with Crippen LogP contribution in [0.1, 0.15) is 35.7 Å². The topological polar surface area (TPSA) is 86.8 Å². The van der Waals surface area contributed by atoms with E-state index < -0.39 is 0 Å². The zero-order chi connectivity index (χ0) is 19.5. The fraction of sp³-hybridized carbons (Fsp3) is 0.400. The van der Waals surface area contributed by atoms with Crippen LogP contribution in [0.15, 0.2) is 30.6 Å². The van der Waals surface area contributed by atoms with Gasteiger partial charge in [-0.25, -0.2) is 4.98 Å². The molecule has 1 aromatic carbocycles. The number of nitrogens with zero attached hydrogens (tertiary/aromatic N) is 4. The van der Waals surface area contributed by atoms with Gasteiger partial charge in [-0.3, -0.25) is 9.69 Å². The second-order valence-corrected chi connectivity index (χ2v) is 8.33. The molecule has 2 aromatic heterocycles. The van der Waals surface area contributed by atoms with Crippen molar-refractivity contribution in [1.82, 2.24) is 25.1 Å². The number of imidazole rings is 1. The van der Waals surface area contributed by atoms with Crippen molar-refractivity contribution < 1.29 is 4.79 Å². The van der Waals surface area contributed by atoms with Crippen LogP contribution >= 0.6 is 11.3 Å². The van der Waals surface area contributed by atoms with Crippen LogP contribution in [0.3, 0.4) is 0 Å². The van der Waals surface area contributed by atoms with Gasteiger partial charge >= 0.3 is 0 Å². The molecule has 1 fully saturated rings. The Morgan fingerprint density at radius 3 is 2.96 bits per heavy atom. The molecule has 1 amide bonds. The highest BCUT2D eigenvalue weighted by Gasteiger charge is 2.29. The molecule has 0 aliphatic carbocycles. The molecule has 7 nitrogen and oxygen atoms in total. The molecule has 0 bridgehead atoms. The Morgan fingerprint density at radius 1 is 1.32 bits per heavy atom. The Morgan fingerprint density at radius 2 is 2.21 bits per heavy atom. The normalized spacial score (nSPS) is 17.6. The minimum atomic E-state index is -0.141. The van der Waals surface area contributed by atoms with E-state index in [2.05, 4.69) is 30.4 Å². The van der Waals surface area contributed by atoms with Gasteiger partial charge in [0.1, 0.15) is 10.0 Å². The number of aromatic nitrogens is 4. The Kier molecular flexibility index (Phi) is 5.50. The number of amides is 1. The molecule has 28 heavy (non-hydrogen) atoms. The molecule has 3 heterocycles. The number of aromatic amines is 1. The summed E-state index contributed by atoms with van der Waals surface area (Å²) in [6.45, 7) is 5.56. The zero-order valence-corrected chi connectivity index (χ0v) is 16.9. The van der Waals surface area contributed by atoms with Gasteiger partial charge in [0.15, 0.2) is 0 Å². The molecule has 0 saturated carbocycles. The Balaban J connectivity index is 1.48. The highest BCUT2D eigenvalue weighted by molar-refractivity contribution is 7.14. The number of H-pyrrole nitrogens is 1. The average Bonchev–Trinajstić information content (AvgIpc) is 3.31. The first-order valence-electron chi connectivity index (χ1n) is 9.54. The van der Waals surface area contributed by atoms with E-state index >= 15 is 0 Å². The lowest BCUT2D eigenvalue weighted by Crippen LogP contribution is -2.46. The smallest absolute Gasteiger partial charge is 0.241 e. The third-order valence-electron chi connectivity index (χ3n) is 5.11. The SMILES string of the molecule is Cc1nnc(-c2cccc(NC(=O)C3CCCCN3Cc3nc[nH]c3C)c2)s1. The molecule has 1 aliphatic rings. The summed E-state index contributed by atoms with van der Waals surface area (Å²) in [6.07, 6.45) is 4.76. The molecular formula is C20H24N6OS. The number of hydrogen-bond acceptors (Lipinski definition) is 6. The van der Waals surface area contributed by atoms with Crippen LogP contribution in [-0.2, 0) is 11.3 Å². The maximum absolute atomic E-state index is 13.0. The van der Waals surface area contributed by atoms with Crippen molar-refractivity contribution in [3.8, 4) is 10.6 Å². The summed E-state index contributed by atoms with van der Waals surface area (Å²) in [7, 11) is 0. The first-order valence-corrected chi connectivity index (χ1v) is 10.4. The van der Waals surface area contributed by atoms with Crippen molar-refractivity contribution in [1.29, 1.82) is 0 Å². The van der Waals surface area contributed by atoms with Crippen molar-refractivity contribution in [3.63, 3.8) is 0 Å². The van der Waals surface area contributed by atoms with Crippen LogP contribution in [0.4, 0.5) is 5.69 Å². The molecule has 1 unspecified atom stereocenters. The maximum Gasteiger partial charge on any atom is 0.241 e. The van der Waals surface area contributed by atoms with E-state index in [0.717, 1.165) is 58.5 Å². The summed E-state index contributed by atoms with van der Waals surface area (Å²) in [5.41, 5.74) is 3.82. The number of aryl methyl sites for hydroxylation is 2. The molecule has 0 radical (unpaired) electrons. The fourth-order valence-electron chi connectivity index (χ4n) is 3.58. The van der Waals surface area contributed by atoms with Crippen LogP contribution in [0.25, 0.3) is 10.6 Å². The summed E-state index contributed by atoms with van der Waals surface area (Å²) in [6, 6.07) is 7.66. The Hall–Kier alpha value is -2.58. The molecule has 146 valence electrons. The highest BCUT2D eigenvalue weighted by atomic mass is 32.1. The van der Waals surface area contributed by atoms with Crippen LogP contribution < -0.4 is 5.32 Å². The van der Waals surface area contributed by atoms with E-state index in [0.29, 0.717) is 6.54 Å². The van der Waals surface area contributed by atoms with Crippen molar-refractivity contribution in [2.75, 3.05) is 11.9 Å². The minimum absolute atomic E-state index is 0.0403. The molecule has 1 atom stereocenters. The third kappa shape index (κ3) is 4.13. The zero-order valence-electron chi connectivity index (χ0n) is 16.1. The quantitative estimate of drug-likeness (QED) is 0.689. The van der Waals surface area contributed by atoms with Crippen LogP contribution in [0.2, 0.25) is 0 Å². The van der Waals surface area contributed by atoms with Gasteiger partial charge in [0.25, 0.3) is 0 Å². The lowest BCUT2D eigenvalue weighted by molar-refractivity contribution is -0.122. The predicted octanol–water partition coefficient (Wildman–Crippen LogP) is 3.54. The highest BCUT2D eigenvalue weighted by Crippen LogP contribution is 2.26. The van der Waals surface area contributed by atoms with Crippen LogP contribution in [-0.4, -0.2) is 43.6 Å². The van der Waals surface area contributed by atoms with E-state index in [4.69, 9.17) is 0 Å². The van der Waals surface area contributed by atoms with E-state index in [1.807, 2.05) is 38.1 Å². The Labute approximate surface area is 168 Å². The first kappa shape index (κ1) is 18.8. The number of hydrogen-bond donors (Lipinski definition) is 2. The van der Waals surface area contributed by atoms with Crippen molar-refractivity contribution >= 4 is 22.9 Å². The number of carbonyl (C=O) groups is 1. The summed E-state index contributed by atoms with van der Waals surface area (Å²) in [5.74, 6) is 0.0403. The monoisotopic (exact) mass is 396 g/mol. The van der Waals surface area contributed by atoms with Gasteiger partial charge in [0.2, 0.25) is 5.91 Å². The molecule has 2 N–H and O–H groups in total. The molecule has 1 aliphatic heterocycles. The van der Waals surface area contributed by atoms with Crippen molar-refractivity contribution in [2.45, 2.75) is 45.7 Å².